The molecule has 0 aromatic carbocycles. The van der Waals surface area contributed by atoms with Gasteiger partial charge in [-0.25, -0.2) is 9.78 Å². The van der Waals surface area contributed by atoms with E-state index in [-0.39, 0.29) is 12.5 Å². The highest BCUT2D eigenvalue weighted by Crippen LogP contribution is 2.25. The standard InChI is InChI=1S/C14H20N2O3/c1-10(9-17)4-6-12-7-5-11-3-2-8-16(14(18)19)13(11)15-12/h5,7,10,17H,2-4,6,8-9H2,1H3,(H,18,19). The van der Waals surface area contributed by atoms with Gasteiger partial charge in [-0.2, -0.15) is 0 Å². The number of hydrogen-bond donors (Lipinski definition) is 2. The summed E-state index contributed by atoms with van der Waals surface area (Å²) in [4.78, 5) is 17.0. The van der Waals surface area contributed by atoms with E-state index in [2.05, 4.69) is 4.98 Å². The summed E-state index contributed by atoms with van der Waals surface area (Å²) in [7, 11) is 0. The van der Waals surface area contributed by atoms with Crippen LogP contribution in [-0.2, 0) is 12.8 Å². The molecule has 1 unspecified atom stereocenters. The lowest BCUT2D eigenvalue weighted by molar-refractivity contribution is 0.201. The Morgan fingerprint density at radius 1 is 1.53 bits per heavy atom. The minimum atomic E-state index is -0.936. The molecule has 104 valence electrons. The smallest absolute Gasteiger partial charge is 0.413 e. The van der Waals surface area contributed by atoms with Gasteiger partial charge in [-0.05, 0) is 43.2 Å². The zero-order valence-electron chi connectivity index (χ0n) is 11.2. The van der Waals surface area contributed by atoms with Crippen molar-refractivity contribution in [1.82, 2.24) is 4.98 Å². The van der Waals surface area contributed by atoms with E-state index in [0.29, 0.717) is 12.4 Å². The number of pyridine rings is 1. The van der Waals surface area contributed by atoms with E-state index in [9.17, 15) is 9.90 Å². The fourth-order valence-electron chi connectivity index (χ4n) is 2.29. The minimum Gasteiger partial charge on any atom is -0.465 e. The van der Waals surface area contributed by atoms with E-state index in [1.54, 1.807) is 0 Å². The predicted molar refractivity (Wildman–Crippen MR) is 72.5 cm³/mol. The number of carbonyl (C=O) groups is 1. The van der Waals surface area contributed by atoms with Gasteiger partial charge in [-0.15, -0.1) is 0 Å². The predicted octanol–water partition coefficient (Wildman–Crippen LogP) is 2.07. The molecule has 1 aliphatic heterocycles. The van der Waals surface area contributed by atoms with Crippen molar-refractivity contribution in [1.29, 1.82) is 0 Å². The van der Waals surface area contributed by atoms with Gasteiger partial charge in [0.1, 0.15) is 5.82 Å². The normalized spacial score (nSPS) is 16.0. The first-order valence-electron chi connectivity index (χ1n) is 6.72. The summed E-state index contributed by atoms with van der Waals surface area (Å²) in [6, 6.07) is 3.95. The largest absolute Gasteiger partial charge is 0.465 e. The molecule has 1 aromatic heterocycles. The van der Waals surface area contributed by atoms with Crippen molar-refractivity contribution in [2.75, 3.05) is 18.1 Å². The Morgan fingerprint density at radius 2 is 2.32 bits per heavy atom. The number of aliphatic hydroxyl groups is 1. The lowest BCUT2D eigenvalue weighted by atomic mass is 10.0. The van der Waals surface area contributed by atoms with E-state index in [1.807, 2.05) is 19.1 Å². The first-order chi connectivity index (χ1) is 9.11. The summed E-state index contributed by atoms with van der Waals surface area (Å²) < 4.78 is 0. The lowest BCUT2D eigenvalue weighted by Crippen LogP contribution is -2.35. The summed E-state index contributed by atoms with van der Waals surface area (Å²) in [5, 5.41) is 18.2. The Morgan fingerprint density at radius 3 is 3.00 bits per heavy atom. The van der Waals surface area contributed by atoms with Gasteiger partial charge in [-0.3, -0.25) is 4.90 Å². The average molecular weight is 264 g/mol. The minimum absolute atomic E-state index is 0.173. The van der Waals surface area contributed by atoms with Gasteiger partial charge in [0, 0.05) is 18.8 Å². The van der Waals surface area contributed by atoms with E-state index < -0.39 is 6.09 Å². The van der Waals surface area contributed by atoms with Crippen molar-refractivity contribution in [2.45, 2.75) is 32.6 Å². The Bertz CT molecular complexity index is 462. The number of amides is 1. The number of aryl methyl sites for hydroxylation is 2. The van der Waals surface area contributed by atoms with Crippen LogP contribution in [0.4, 0.5) is 10.6 Å². The molecule has 2 rings (SSSR count). The molecule has 0 radical (unpaired) electrons. The fourth-order valence-corrected chi connectivity index (χ4v) is 2.29. The number of rotatable bonds is 4. The average Bonchev–Trinajstić information content (AvgIpc) is 2.43. The maximum Gasteiger partial charge on any atom is 0.413 e. The van der Waals surface area contributed by atoms with Crippen molar-refractivity contribution in [3.63, 3.8) is 0 Å². The summed E-state index contributed by atoms with van der Waals surface area (Å²) in [5.41, 5.74) is 1.90. The van der Waals surface area contributed by atoms with Crippen molar-refractivity contribution in [3.8, 4) is 0 Å². The molecule has 5 nitrogen and oxygen atoms in total. The third kappa shape index (κ3) is 3.23. The molecule has 0 fully saturated rings. The summed E-state index contributed by atoms with van der Waals surface area (Å²) in [5.74, 6) is 0.835. The van der Waals surface area contributed by atoms with Crippen LogP contribution in [0.2, 0.25) is 0 Å². The van der Waals surface area contributed by atoms with Crippen molar-refractivity contribution in [3.05, 3.63) is 23.4 Å². The van der Waals surface area contributed by atoms with Crippen LogP contribution in [0, 0.1) is 5.92 Å². The Hall–Kier alpha value is -1.62. The van der Waals surface area contributed by atoms with Crippen LogP contribution in [0.25, 0.3) is 0 Å². The molecule has 1 aromatic rings. The maximum absolute atomic E-state index is 11.2. The Balaban J connectivity index is 2.16. The molecule has 1 amide bonds. The van der Waals surface area contributed by atoms with Crippen LogP contribution in [0.15, 0.2) is 12.1 Å². The highest BCUT2D eigenvalue weighted by Gasteiger charge is 2.23. The molecule has 0 saturated carbocycles. The molecule has 0 bridgehead atoms. The fraction of sp³-hybridized carbons (Fsp3) is 0.571. The van der Waals surface area contributed by atoms with Crippen LogP contribution >= 0.6 is 0 Å². The highest BCUT2D eigenvalue weighted by molar-refractivity contribution is 5.86. The van der Waals surface area contributed by atoms with Gasteiger partial charge >= 0.3 is 6.09 Å². The maximum atomic E-state index is 11.2. The van der Waals surface area contributed by atoms with Gasteiger partial charge in [0.2, 0.25) is 0 Å². The van der Waals surface area contributed by atoms with Crippen LogP contribution in [0.5, 0.6) is 0 Å². The van der Waals surface area contributed by atoms with Gasteiger partial charge in [0.05, 0.1) is 0 Å². The van der Waals surface area contributed by atoms with Gasteiger partial charge in [-0.1, -0.05) is 13.0 Å². The quantitative estimate of drug-likeness (QED) is 0.873. The van der Waals surface area contributed by atoms with E-state index >= 15 is 0 Å². The topological polar surface area (TPSA) is 73.7 Å². The van der Waals surface area contributed by atoms with Crippen molar-refractivity contribution >= 4 is 11.9 Å². The number of carboxylic acid groups (broad SMARTS) is 1. The van der Waals surface area contributed by atoms with E-state index in [4.69, 9.17) is 5.11 Å². The van der Waals surface area contributed by atoms with Gasteiger partial charge < -0.3 is 10.2 Å². The molecule has 2 N–H and O–H groups in total. The molecular weight excluding hydrogens is 244 g/mol. The second-order valence-corrected chi connectivity index (χ2v) is 5.15. The molecule has 5 heteroatoms. The third-order valence-corrected chi connectivity index (χ3v) is 3.53. The highest BCUT2D eigenvalue weighted by atomic mass is 16.4. The molecule has 0 saturated heterocycles. The number of fused-ring (bicyclic) bond motifs is 1. The van der Waals surface area contributed by atoms with Crippen LogP contribution < -0.4 is 4.90 Å². The monoisotopic (exact) mass is 264 g/mol. The number of nitrogens with zero attached hydrogens (tertiary/aromatic N) is 2. The molecule has 1 aliphatic rings. The second-order valence-electron chi connectivity index (χ2n) is 5.15. The van der Waals surface area contributed by atoms with Crippen LogP contribution in [-0.4, -0.2) is 34.4 Å². The zero-order chi connectivity index (χ0) is 13.8. The molecule has 0 aliphatic carbocycles. The van der Waals surface area contributed by atoms with Crippen LogP contribution in [0.3, 0.4) is 0 Å². The zero-order valence-corrected chi connectivity index (χ0v) is 11.2. The number of aromatic nitrogens is 1. The molecule has 1 atom stereocenters. The Kier molecular flexibility index (Phi) is 4.37. The lowest BCUT2D eigenvalue weighted by Gasteiger charge is -2.26. The molecule has 19 heavy (non-hydrogen) atoms. The third-order valence-electron chi connectivity index (χ3n) is 3.53. The summed E-state index contributed by atoms with van der Waals surface area (Å²) in [6.45, 7) is 2.68. The number of hydrogen-bond acceptors (Lipinski definition) is 3. The van der Waals surface area contributed by atoms with E-state index in [0.717, 1.165) is 36.9 Å². The first-order valence-corrected chi connectivity index (χ1v) is 6.72. The van der Waals surface area contributed by atoms with E-state index in [1.165, 1.54) is 4.90 Å². The summed E-state index contributed by atoms with van der Waals surface area (Å²) >= 11 is 0. The van der Waals surface area contributed by atoms with Crippen molar-refractivity contribution < 1.29 is 15.0 Å². The molecule has 2 heterocycles. The SMILES string of the molecule is CC(CO)CCc1ccc2c(n1)N(C(=O)O)CCC2. The molecule has 0 spiro atoms. The Labute approximate surface area is 112 Å². The number of anilines is 1. The first kappa shape index (κ1) is 13.8. The summed E-state index contributed by atoms with van der Waals surface area (Å²) in [6.07, 6.45) is 2.42. The number of aliphatic hydroxyl groups excluding tert-OH is 1. The molecular formula is C14H20N2O3. The van der Waals surface area contributed by atoms with Gasteiger partial charge in [0.15, 0.2) is 0 Å². The second kappa shape index (κ2) is 6.02. The van der Waals surface area contributed by atoms with Crippen molar-refractivity contribution in [2.24, 2.45) is 5.92 Å². The van der Waals surface area contributed by atoms with Gasteiger partial charge in [0.25, 0.3) is 0 Å². The van der Waals surface area contributed by atoms with Crippen LogP contribution in [0.1, 0.15) is 31.0 Å².